The first-order valence-corrected chi connectivity index (χ1v) is 6.59. The first-order chi connectivity index (χ1) is 7.61. The van der Waals surface area contributed by atoms with Crippen LogP contribution in [0.15, 0.2) is 0 Å². The van der Waals surface area contributed by atoms with Crippen molar-refractivity contribution in [3.63, 3.8) is 0 Å². The van der Waals surface area contributed by atoms with Gasteiger partial charge in [-0.1, -0.05) is 13.3 Å². The van der Waals surface area contributed by atoms with Crippen LogP contribution in [0.4, 0.5) is 0 Å². The van der Waals surface area contributed by atoms with Gasteiger partial charge >= 0.3 is 5.97 Å². The molecule has 2 fully saturated rings. The fourth-order valence-electron chi connectivity index (χ4n) is 3.86. The molecule has 0 radical (unpaired) electrons. The predicted molar refractivity (Wildman–Crippen MR) is 63.3 cm³/mol. The van der Waals surface area contributed by atoms with Crippen molar-refractivity contribution in [1.29, 1.82) is 0 Å². The summed E-state index contributed by atoms with van der Waals surface area (Å²) in [6, 6.07) is 0.852. The lowest BCUT2D eigenvalue weighted by Gasteiger charge is -2.37. The molecule has 0 aromatic heterocycles. The second-order valence-electron chi connectivity index (χ2n) is 5.52. The number of hydrogen-bond acceptors (Lipinski definition) is 2. The van der Waals surface area contributed by atoms with Crippen LogP contribution in [0.3, 0.4) is 0 Å². The number of carboxylic acid groups (broad SMARTS) is 1. The van der Waals surface area contributed by atoms with Crippen LogP contribution in [-0.2, 0) is 4.79 Å². The Kier molecular flexibility index (Phi) is 3.53. The van der Waals surface area contributed by atoms with Crippen molar-refractivity contribution in [2.75, 3.05) is 6.54 Å². The third-order valence-electron chi connectivity index (χ3n) is 4.53. The Hall–Kier alpha value is -0.570. The minimum atomic E-state index is -0.672. The van der Waals surface area contributed by atoms with Crippen LogP contribution in [-0.4, -0.2) is 34.6 Å². The Bertz CT molecular complexity index is 267. The van der Waals surface area contributed by atoms with Gasteiger partial charge in [-0.25, -0.2) is 0 Å². The van der Waals surface area contributed by atoms with Crippen LogP contribution >= 0.6 is 0 Å². The lowest BCUT2D eigenvalue weighted by Crippen LogP contribution is -2.45. The number of rotatable bonds is 5. The van der Waals surface area contributed by atoms with Crippen molar-refractivity contribution in [2.24, 2.45) is 11.8 Å². The van der Waals surface area contributed by atoms with Crippen LogP contribution in [0.1, 0.15) is 46.0 Å². The van der Waals surface area contributed by atoms with Crippen LogP contribution in [0, 0.1) is 11.8 Å². The van der Waals surface area contributed by atoms with E-state index in [1.807, 2.05) is 0 Å². The molecule has 2 aliphatic rings. The second-order valence-corrected chi connectivity index (χ2v) is 5.52. The zero-order valence-corrected chi connectivity index (χ0v) is 10.4. The van der Waals surface area contributed by atoms with Crippen molar-refractivity contribution in [3.8, 4) is 0 Å². The quantitative estimate of drug-likeness (QED) is 0.781. The van der Waals surface area contributed by atoms with Gasteiger partial charge in [0.25, 0.3) is 0 Å². The van der Waals surface area contributed by atoms with Gasteiger partial charge in [0.1, 0.15) is 0 Å². The monoisotopic (exact) mass is 225 g/mol. The summed E-state index contributed by atoms with van der Waals surface area (Å²) in [4.78, 5) is 13.2. The molecule has 2 bridgehead atoms. The maximum Gasteiger partial charge on any atom is 0.304 e. The van der Waals surface area contributed by atoms with Crippen LogP contribution < -0.4 is 0 Å². The molecule has 3 nitrogen and oxygen atoms in total. The van der Waals surface area contributed by atoms with E-state index in [0.29, 0.717) is 6.04 Å². The number of carbonyl (C=O) groups is 1. The Morgan fingerprint density at radius 2 is 2.19 bits per heavy atom. The molecule has 4 atom stereocenters. The van der Waals surface area contributed by atoms with E-state index in [2.05, 4.69) is 18.7 Å². The fourth-order valence-corrected chi connectivity index (χ4v) is 3.86. The highest BCUT2D eigenvalue weighted by atomic mass is 16.4. The highest BCUT2D eigenvalue weighted by Gasteiger charge is 2.42. The van der Waals surface area contributed by atoms with E-state index in [0.717, 1.165) is 18.4 Å². The molecule has 0 aliphatic heterocycles. The first-order valence-electron chi connectivity index (χ1n) is 6.59. The second kappa shape index (κ2) is 4.74. The summed E-state index contributed by atoms with van der Waals surface area (Å²) in [5.41, 5.74) is 0. The topological polar surface area (TPSA) is 40.5 Å². The molecular formula is C13H23NO2. The molecule has 2 saturated carbocycles. The van der Waals surface area contributed by atoms with Gasteiger partial charge < -0.3 is 5.11 Å². The summed E-state index contributed by atoms with van der Waals surface area (Å²) in [5.74, 6) is 1.11. The number of aliphatic carboxylic acids is 1. The Balaban J connectivity index is 1.96. The summed E-state index contributed by atoms with van der Waals surface area (Å²) in [7, 11) is 0. The average molecular weight is 225 g/mol. The molecule has 0 saturated heterocycles. The molecule has 2 rings (SSSR count). The molecule has 2 aliphatic carbocycles. The Morgan fingerprint density at radius 3 is 2.62 bits per heavy atom. The number of nitrogens with zero attached hydrogens (tertiary/aromatic N) is 1. The molecule has 92 valence electrons. The molecule has 3 heteroatoms. The molecule has 0 aromatic rings. The molecule has 1 N–H and O–H groups in total. The van der Waals surface area contributed by atoms with Gasteiger partial charge in [0.05, 0.1) is 6.42 Å². The van der Waals surface area contributed by atoms with Crippen LogP contribution in [0.2, 0.25) is 0 Å². The zero-order chi connectivity index (χ0) is 11.7. The highest BCUT2D eigenvalue weighted by molar-refractivity contribution is 5.67. The van der Waals surface area contributed by atoms with E-state index in [4.69, 9.17) is 5.11 Å². The third-order valence-corrected chi connectivity index (χ3v) is 4.53. The van der Waals surface area contributed by atoms with Crippen molar-refractivity contribution in [3.05, 3.63) is 0 Å². The fraction of sp³-hybridized carbons (Fsp3) is 0.923. The van der Waals surface area contributed by atoms with E-state index >= 15 is 0 Å². The Morgan fingerprint density at radius 1 is 1.44 bits per heavy atom. The lowest BCUT2D eigenvalue weighted by atomic mass is 9.92. The van der Waals surface area contributed by atoms with Crippen molar-refractivity contribution < 1.29 is 9.90 Å². The number of hydrogen-bond donors (Lipinski definition) is 1. The number of fused-ring (bicyclic) bond motifs is 2. The predicted octanol–water partition coefficient (Wildman–Crippen LogP) is 2.36. The van der Waals surface area contributed by atoms with E-state index in [-0.39, 0.29) is 12.5 Å². The van der Waals surface area contributed by atoms with E-state index in [9.17, 15) is 4.79 Å². The van der Waals surface area contributed by atoms with E-state index in [1.54, 1.807) is 0 Å². The van der Waals surface area contributed by atoms with Crippen LogP contribution in [0.25, 0.3) is 0 Å². The molecule has 4 unspecified atom stereocenters. The first kappa shape index (κ1) is 11.9. The summed E-state index contributed by atoms with van der Waals surface area (Å²) in [6.07, 6.45) is 5.75. The zero-order valence-electron chi connectivity index (χ0n) is 10.4. The summed E-state index contributed by atoms with van der Waals surface area (Å²) < 4.78 is 0. The normalized spacial score (nSPS) is 34.6. The standard InChI is InChI=1S/C13H23NO2/c1-3-14(9(2)6-13(15)16)12-8-10-4-5-11(12)7-10/h9-12H,3-8H2,1-2H3,(H,15,16). The molecule has 0 amide bonds. The summed E-state index contributed by atoms with van der Waals surface area (Å²) in [6.45, 7) is 5.20. The van der Waals surface area contributed by atoms with Crippen molar-refractivity contribution >= 4 is 5.97 Å². The van der Waals surface area contributed by atoms with E-state index in [1.165, 1.54) is 25.7 Å². The third kappa shape index (κ3) is 2.24. The molecule has 0 heterocycles. The van der Waals surface area contributed by atoms with Crippen molar-refractivity contribution in [1.82, 2.24) is 4.90 Å². The highest BCUT2D eigenvalue weighted by Crippen LogP contribution is 2.47. The lowest BCUT2D eigenvalue weighted by molar-refractivity contribution is -0.138. The van der Waals surface area contributed by atoms with Gasteiger partial charge in [-0.2, -0.15) is 0 Å². The van der Waals surface area contributed by atoms with Gasteiger partial charge in [-0.3, -0.25) is 9.69 Å². The minimum absolute atomic E-state index is 0.187. The largest absolute Gasteiger partial charge is 0.481 e. The number of carboxylic acids is 1. The van der Waals surface area contributed by atoms with Gasteiger partial charge in [0.15, 0.2) is 0 Å². The smallest absolute Gasteiger partial charge is 0.304 e. The van der Waals surface area contributed by atoms with E-state index < -0.39 is 5.97 Å². The SMILES string of the molecule is CCN(C(C)CC(=O)O)C1CC2CCC1C2. The van der Waals surface area contributed by atoms with Crippen LogP contribution in [0.5, 0.6) is 0 Å². The van der Waals surface area contributed by atoms with Gasteiger partial charge in [-0.05, 0) is 44.6 Å². The maximum absolute atomic E-state index is 10.8. The molecular weight excluding hydrogens is 202 g/mol. The summed E-state index contributed by atoms with van der Waals surface area (Å²) in [5, 5.41) is 8.88. The average Bonchev–Trinajstić information content (AvgIpc) is 2.79. The molecule has 0 spiro atoms. The molecule has 16 heavy (non-hydrogen) atoms. The van der Waals surface area contributed by atoms with Gasteiger partial charge in [-0.15, -0.1) is 0 Å². The minimum Gasteiger partial charge on any atom is -0.481 e. The molecule has 0 aromatic carbocycles. The Labute approximate surface area is 97.8 Å². The van der Waals surface area contributed by atoms with Gasteiger partial charge in [0.2, 0.25) is 0 Å². The maximum atomic E-state index is 10.8. The van der Waals surface area contributed by atoms with Crippen molar-refractivity contribution in [2.45, 2.75) is 58.0 Å². The summed E-state index contributed by atoms with van der Waals surface area (Å²) >= 11 is 0. The van der Waals surface area contributed by atoms with Gasteiger partial charge in [0, 0.05) is 12.1 Å².